The second-order valence-electron chi connectivity index (χ2n) is 4.12. The number of methoxy groups -OCH3 is 1. The van der Waals surface area contributed by atoms with E-state index in [-0.39, 0.29) is 0 Å². The van der Waals surface area contributed by atoms with E-state index in [4.69, 9.17) is 9.72 Å². The molecule has 0 aliphatic heterocycles. The molecule has 2 nitrogen and oxygen atoms in total. The van der Waals surface area contributed by atoms with E-state index in [0.29, 0.717) is 0 Å². The monoisotopic (exact) mass is 215 g/mol. The number of ether oxygens (including phenoxy) is 1. The van der Waals surface area contributed by atoms with E-state index >= 15 is 0 Å². The first kappa shape index (κ1) is 10.9. The molecule has 0 aliphatic rings. The van der Waals surface area contributed by atoms with Crippen LogP contribution in [0.2, 0.25) is 0 Å². The highest BCUT2D eigenvalue weighted by Gasteiger charge is 2.06. The highest BCUT2D eigenvalue weighted by Crippen LogP contribution is 2.25. The van der Waals surface area contributed by atoms with Gasteiger partial charge >= 0.3 is 0 Å². The lowest BCUT2D eigenvalue weighted by Gasteiger charge is -2.09. The van der Waals surface area contributed by atoms with E-state index in [1.165, 1.54) is 16.8 Å². The van der Waals surface area contributed by atoms with Gasteiger partial charge in [0, 0.05) is 11.1 Å². The molecule has 2 aromatic rings. The molecule has 16 heavy (non-hydrogen) atoms. The van der Waals surface area contributed by atoms with Crippen molar-refractivity contribution in [2.45, 2.75) is 27.2 Å². The molecular formula is C14H17NO. The molecule has 0 atom stereocenters. The first-order valence-electron chi connectivity index (χ1n) is 5.60. The van der Waals surface area contributed by atoms with Gasteiger partial charge in [0.1, 0.15) is 5.75 Å². The fourth-order valence-electron chi connectivity index (χ4n) is 2.05. The van der Waals surface area contributed by atoms with Crippen LogP contribution in [0.4, 0.5) is 0 Å². The summed E-state index contributed by atoms with van der Waals surface area (Å²) in [6.45, 7) is 6.33. The van der Waals surface area contributed by atoms with Crippen molar-refractivity contribution in [2.75, 3.05) is 7.11 Å². The molecule has 0 bridgehead atoms. The van der Waals surface area contributed by atoms with Gasteiger partial charge in [0.25, 0.3) is 0 Å². The van der Waals surface area contributed by atoms with Crippen molar-refractivity contribution in [3.8, 4) is 5.75 Å². The zero-order chi connectivity index (χ0) is 11.7. The molecule has 2 heteroatoms. The third-order valence-electron chi connectivity index (χ3n) is 2.95. The van der Waals surface area contributed by atoms with Crippen LogP contribution in [0.1, 0.15) is 23.7 Å². The Bertz CT molecular complexity index is 532. The summed E-state index contributed by atoms with van der Waals surface area (Å²) in [7, 11) is 1.70. The SMILES string of the molecule is CCc1nc2c(C)cc(OC)cc2cc1C. The second-order valence-corrected chi connectivity index (χ2v) is 4.12. The Labute approximate surface area is 96.3 Å². The molecule has 0 saturated heterocycles. The first-order chi connectivity index (χ1) is 7.65. The van der Waals surface area contributed by atoms with Gasteiger partial charge in [-0.2, -0.15) is 0 Å². The van der Waals surface area contributed by atoms with Crippen LogP contribution in [0, 0.1) is 13.8 Å². The van der Waals surface area contributed by atoms with Gasteiger partial charge in [0.05, 0.1) is 12.6 Å². The number of pyridine rings is 1. The number of benzene rings is 1. The molecule has 1 aromatic heterocycles. The van der Waals surface area contributed by atoms with Gasteiger partial charge in [0.2, 0.25) is 0 Å². The number of nitrogens with zero attached hydrogens (tertiary/aromatic N) is 1. The predicted octanol–water partition coefficient (Wildman–Crippen LogP) is 3.42. The first-order valence-corrected chi connectivity index (χ1v) is 5.60. The Morgan fingerprint density at radius 3 is 2.50 bits per heavy atom. The number of hydrogen-bond acceptors (Lipinski definition) is 2. The summed E-state index contributed by atoms with van der Waals surface area (Å²) < 4.78 is 5.27. The summed E-state index contributed by atoms with van der Waals surface area (Å²) in [6.07, 6.45) is 0.979. The summed E-state index contributed by atoms with van der Waals surface area (Å²) in [6, 6.07) is 6.27. The molecule has 84 valence electrons. The second kappa shape index (κ2) is 4.12. The normalized spacial score (nSPS) is 10.8. The number of aromatic nitrogens is 1. The van der Waals surface area contributed by atoms with Crippen molar-refractivity contribution in [1.82, 2.24) is 4.98 Å². The molecule has 0 unspecified atom stereocenters. The zero-order valence-corrected chi connectivity index (χ0v) is 10.3. The van der Waals surface area contributed by atoms with E-state index in [9.17, 15) is 0 Å². The van der Waals surface area contributed by atoms with Crippen LogP contribution < -0.4 is 4.74 Å². The van der Waals surface area contributed by atoms with Crippen LogP contribution in [0.5, 0.6) is 5.75 Å². The lowest BCUT2D eigenvalue weighted by molar-refractivity contribution is 0.415. The Hall–Kier alpha value is -1.57. The third-order valence-corrected chi connectivity index (χ3v) is 2.95. The van der Waals surface area contributed by atoms with Gasteiger partial charge in [-0.15, -0.1) is 0 Å². The fraction of sp³-hybridized carbons (Fsp3) is 0.357. The lowest BCUT2D eigenvalue weighted by Crippen LogP contribution is -1.95. The van der Waals surface area contributed by atoms with Crippen molar-refractivity contribution >= 4 is 10.9 Å². The van der Waals surface area contributed by atoms with E-state index in [1.54, 1.807) is 7.11 Å². The van der Waals surface area contributed by atoms with E-state index in [1.807, 2.05) is 12.1 Å². The maximum Gasteiger partial charge on any atom is 0.119 e. The Kier molecular flexibility index (Phi) is 2.82. The molecule has 0 N–H and O–H groups in total. The Morgan fingerprint density at radius 1 is 1.12 bits per heavy atom. The number of fused-ring (bicyclic) bond motifs is 1. The summed E-state index contributed by atoms with van der Waals surface area (Å²) in [4.78, 5) is 4.71. The summed E-state index contributed by atoms with van der Waals surface area (Å²) in [5.74, 6) is 0.899. The molecule has 0 fully saturated rings. The van der Waals surface area contributed by atoms with Gasteiger partial charge in [-0.05, 0) is 49.6 Å². The van der Waals surface area contributed by atoms with Gasteiger partial charge in [0.15, 0.2) is 0 Å². The number of hydrogen-bond donors (Lipinski definition) is 0. The van der Waals surface area contributed by atoms with Crippen molar-refractivity contribution in [3.05, 3.63) is 35.0 Å². The van der Waals surface area contributed by atoms with Crippen LogP contribution in [-0.2, 0) is 6.42 Å². The minimum absolute atomic E-state index is 0.899. The molecule has 0 aliphatic carbocycles. The molecule has 0 spiro atoms. The Balaban J connectivity index is 2.75. The quantitative estimate of drug-likeness (QED) is 0.765. The molecule has 1 heterocycles. The predicted molar refractivity (Wildman–Crippen MR) is 67.1 cm³/mol. The molecule has 0 saturated carbocycles. The number of rotatable bonds is 2. The van der Waals surface area contributed by atoms with Gasteiger partial charge in [-0.1, -0.05) is 6.92 Å². The summed E-state index contributed by atoms with van der Waals surface area (Å²) in [5.41, 5.74) is 4.69. The summed E-state index contributed by atoms with van der Waals surface area (Å²) >= 11 is 0. The minimum atomic E-state index is 0.899. The van der Waals surface area contributed by atoms with Crippen LogP contribution in [-0.4, -0.2) is 12.1 Å². The molecule has 0 amide bonds. The highest BCUT2D eigenvalue weighted by molar-refractivity contribution is 5.84. The van der Waals surface area contributed by atoms with Crippen molar-refractivity contribution in [2.24, 2.45) is 0 Å². The topological polar surface area (TPSA) is 22.1 Å². The van der Waals surface area contributed by atoms with E-state index < -0.39 is 0 Å². The Morgan fingerprint density at radius 2 is 1.88 bits per heavy atom. The molecular weight excluding hydrogens is 198 g/mol. The van der Waals surface area contributed by atoms with Gasteiger partial charge < -0.3 is 4.74 Å². The van der Waals surface area contributed by atoms with E-state index in [0.717, 1.165) is 23.1 Å². The van der Waals surface area contributed by atoms with Crippen molar-refractivity contribution in [3.63, 3.8) is 0 Å². The largest absolute Gasteiger partial charge is 0.497 e. The van der Waals surface area contributed by atoms with Crippen LogP contribution in [0.15, 0.2) is 18.2 Å². The average molecular weight is 215 g/mol. The van der Waals surface area contributed by atoms with Crippen LogP contribution >= 0.6 is 0 Å². The van der Waals surface area contributed by atoms with Crippen molar-refractivity contribution < 1.29 is 4.74 Å². The zero-order valence-electron chi connectivity index (χ0n) is 10.3. The molecule has 1 aromatic carbocycles. The smallest absolute Gasteiger partial charge is 0.119 e. The maximum absolute atomic E-state index is 5.27. The third kappa shape index (κ3) is 1.75. The molecule has 0 radical (unpaired) electrons. The fourth-order valence-corrected chi connectivity index (χ4v) is 2.05. The minimum Gasteiger partial charge on any atom is -0.497 e. The van der Waals surface area contributed by atoms with Gasteiger partial charge in [-0.25, -0.2) is 0 Å². The standard InChI is InChI=1S/C14H17NO/c1-5-13-9(2)6-11-8-12(16-4)7-10(3)14(11)15-13/h6-8H,5H2,1-4H3. The number of aryl methyl sites for hydroxylation is 3. The van der Waals surface area contributed by atoms with Crippen LogP contribution in [0.25, 0.3) is 10.9 Å². The average Bonchev–Trinajstić information content (AvgIpc) is 2.28. The van der Waals surface area contributed by atoms with E-state index in [2.05, 4.69) is 26.8 Å². The lowest BCUT2D eigenvalue weighted by atomic mass is 10.1. The maximum atomic E-state index is 5.27. The van der Waals surface area contributed by atoms with Gasteiger partial charge in [-0.3, -0.25) is 4.98 Å². The van der Waals surface area contributed by atoms with Crippen LogP contribution in [0.3, 0.4) is 0 Å². The summed E-state index contributed by atoms with van der Waals surface area (Å²) in [5, 5.41) is 1.16. The van der Waals surface area contributed by atoms with Crippen molar-refractivity contribution in [1.29, 1.82) is 0 Å². The highest BCUT2D eigenvalue weighted by atomic mass is 16.5. The molecule has 2 rings (SSSR count).